The van der Waals surface area contributed by atoms with Gasteiger partial charge in [0, 0.05) is 56.7 Å². The van der Waals surface area contributed by atoms with E-state index in [0.29, 0.717) is 0 Å². The van der Waals surface area contributed by atoms with Gasteiger partial charge in [-0.05, 0) is 104 Å². The van der Waals surface area contributed by atoms with E-state index in [1.165, 1.54) is 16.7 Å². The molecule has 8 bridgehead atoms. The van der Waals surface area contributed by atoms with Crippen LogP contribution in [-0.2, 0) is 0 Å². The minimum absolute atomic E-state index is 0.857. The van der Waals surface area contributed by atoms with Crippen molar-refractivity contribution in [2.45, 2.75) is 20.8 Å². The van der Waals surface area contributed by atoms with E-state index in [2.05, 4.69) is 157 Å². The lowest BCUT2D eigenvalue weighted by molar-refractivity contribution is 1.26. The van der Waals surface area contributed by atoms with Gasteiger partial charge in [0.1, 0.15) is 0 Å². The van der Waals surface area contributed by atoms with Gasteiger partial charge in [-0.3, -0.25) is 4.98 Å². The van der Waals surface area contributed by atoms with E-state index in [0.717, 1.165) is 89.4 Å². The maximum atomic E-state index is 5.36. The molecule has 5 nitrogen and oxygen atoms in total. The number of rotatable bonds is 4. The Morgan fingerprint density at radius 3 is 1.04 bits per heavy atom. The Kier molecular flexibility index (Phi) is 7.40. The zero-order valence-corrected chi connectivity index (χ0v) is 28.7. The Bertz CT molecular complexity index is 2530. The first-order valence-corrected chi connectivity index (χ1v) is 17.3. The summed E-state index contributed by atoms with van der Waals surface area (Å²) in [5, 5.41) is 0. The number of aromatic amines is 2. The Morgan fingerprint density at radius 1 is 0.333 bits per heavy atom. The number of hydrogen-bond acceptors (Lipinski definition) is 3. The molecule has 2 aliphatic rings. The maximum Gasteiger partial charge on any atom is 0.0738 e. The number of H-pyrrole nitrogens is 2. The van der Waals surface area contributed by atoms with Gasteiger partial charge in [-0.2, -0.15) is 0 Å². The number of hydrogen-bond donors (Lipinski definition) is 2. The van der Waals surface area contributed by atoms with Crippen LogP contribution < -0.4 is 0 Å². The van der Waals surface area contributed by atoms with Crippen LogP contribution in [0.25, 0.3) is 90.9 Å². The van der Waals surface area contributed by atoms with Crippen molar-refractivity contribution in [1.82, 2.24) is 24.9 Å². The van der Waals surface area contributed by atoms with Gasteiger partial charge in [-0.15, -0.1) is 0 Å². The largest absolute Gasteiger partial charge is 0.354 e. The van der Waals surface area contributed by atoms with E-state index in [1.54, 1.807) is 0 Å². The first-order chi connectivity index (χ1) is 25.0. The molecule has 51 heavy (non-hydrogen) atoms. The number of aryl methyl sites for hydroxylation is 3. The Balaban J connectivity index is 1.47. The van der Waals surface area contributed by atoms with Crippen molar-refractivity contribution in [3.63, 3.8) is 0 Å². The predicted molar refractivity (Wildman–Crippen MR) is 213 cm³/mol. The number of pyridine rings is 1. The van der Waals surface area contributed by atoms with Gasteiger partial charge in [0.2, 0.25) is 0 Å². The summed E-state index contributed by atoms with van der Waals surface area (Å²) in [5.74, 6) is 0. The summed E-state index contributed by atoms with van der Waals surface area (Å²) in [4.78, 5) is 22.7. The fraction of sp³-hybridized carbons (Fsp3) is 0.0652. The molecule has 5 heteroatoms. The molecular formula is C46H35N5. The summed E-state index contributed by atoms with van der Waals surface area (Å²) in [6, 6.07) is 38.9. The minimum Gasteiger partial charge on any atom is -0.354 e. The van der Waals surface area contributed by atoms with E-state index in [-0.39, 0.29) is 0 Å². The number of nitrogens with zero attached hydrogens (tertiary/aromatic N) is 3. The second-order valence-corrected chi connectivity index (χ2v) is 13.3. The fourth-order valence-corrected chi connectivity index (χ4v) is 7.10. The molecular weight excluding hydrogens is 623 g/mol. The highest BCUT2D eigenvalue weighted by Gasteiger charge is 2.19. The van der Waals surface area contributed by atoms with Crippen molar-refractivity contribution in [3.05, 3.63) is 161 Å². The van der Waals surface area contributed by atoms with E-state index < -0.39 is 0 Å². The summed E-state index contributed by atoms with van der Waals surface area (Å²) in [5.41, 5.74) is 19.6. The smallest absolute Gasteiger partial charge is 0.0738 e. The number of aromatic nitrogens is 5. The van der Waals surface area contributed by atoms with Gasteiger partial charge in [0.05, 0.1) is 22.8 Å². The van der Waals surface area contributed by atoms with Gasteiger partial charge >= 0.3 is 0 Å². The first-order valence-electron chi connectivity index (χ1n) is 17.3. The van der Waals surface area contributed by atoms with Crippen LogP contribution in [-0.4, -0.2) is 24.9 Å². The number of fused-ring (bicyclic) bond motifs is 8. The van der Waals surface area contributed by atoms with Gasteiger partial charge in [-0.1, -0.05) is 89.5 Å². The second kappa shape index (κ2) is 12.4. The van der Waals surface area contributed by atoms with Crippen LogP contribution in [0.3, 0.4) is 0 Å². The highest BCUT2D eigenvalue weighted by atomic mass is 14.8. The molecule has 0 fully saturated rings. The zero-order valence-electron chi connectivity index (χ0n) is 28.7. The molecule has 2 aliphatic heterocycles. The lowest BCUT2D eigenvalue weighted by Gasteiger charge is -2.07. The predicted octanol–water partition coefficient (Wildman–Crippen LogP) is 11.6. The molecule has 0 saturated heterocycles. The molecule has 0 aliphatic carbocycles. The van der Waals surface area contributed by atoms with Crippen LogP contribution in [0.5, 0.6) is 0 Å². The van der Waals surface area contributed by atoms with Gasteiger partial charge in [-0.25, -0.2) is 9.97 Å². The molecule has 7 aromatic rings. The summed E-state index contributed by atoms with van der Waals surface area (Å²) in [7, 11) is 0. The lowest BCUT2D eigenvalue weighted by Crippen LogP contribution is -1.91. The molecule has 2 N–H and O–H groups in total. The molecule has 0 atom stereocenters. The molecule has 3 aromatic carbocycles. The summed E-state index contributed by atoms with van der Waals surface area (Å²) >= 11 is 0. The Hall–Kier alpha value is -6.59. The Labute approximate surface area is 296 Å². The molecule has 244 valence electrons. The monoisotopic (exact) mass is 657 g/mol. The third-order valence-corrected chi connectivity index (χ3v) is 9.74. The molecule has 0 radical (unpaired) electrons. The van der Waals surface area contributed by atoms with Crippen molar-refractivity contribution >= 4 is 46.4 Å². The minimum atomic E-state index is 0.857. The molecule has 4 aromatic heterocycles. The highest BCUT2D eigenvalue weighted by molar-refractivity contribution is 6.00. The summed E-state index contributed by atoms with van der Waals surface area (Å²) in [6.45, 7) is 6.36. The maximum absolute atomic E-state index is 5.36. The van der Waals surface area contributed by atoms with Gasteiger partial charge in [0.25, 0.3) is 0 Å². The van der Waals surface area contributed by atoms with E-state index in [4.69, 9.17) is 9.97 Å². The van der Waals surface area contributed by atoms with Crippen LogP contribution in [0.15, 0.2) is 122 Å². The van der Waals surface area contributed by atoms with Crippen LogP contribution >= 0.6 is 0 Å². The summed E-state index contributed by atoms with van der Waals surface area (Å²) < 4.78 is 0. The lowest BCUT2D eigenvalue weighted by atomic mass is 10.0. The first kappa shape index (κ1) is 30.5. The van der Waals surface area contributed by atoms with Crippen molar-refractivity contribution in [1.29, 1.82) is 0 Å². The van der Waals surface area contributed by atoms with E-state index in [1.807, 2.05) is 24.5 Å². The van der Waals surface area contributed by atoms with Crippen LogP contribution in [0.1, 0.15) is 39.5 Å². The van der Waals surface area contributed by atoms with Crippen molar-refractivity contribution in [2.75, 3.05) is 0 Å². The molecule has 9 rings (SSSR count). The SMILES string of the molecule is Cc1ccc(-c2c3nc(c(-c4ccncc4)c4nc(c(-c5ccc(C)cc5)c5ccc([nH]5)c(-c5ccc(C)cc5)c5ccc2[nH]5)C=C4)C=C3)cc1. The second-order valence-electron chi connectivity index (χ2n) is 13.3. The van der Waals surface area contributed by atoms with Gasteiger partial charge < -0.3 is 9.97 Å². The highest BCUT2D eigenvalue weighted by Crippen LogP contribution is 2.38. The van der Waals surface area contributed by atoms with Crippen LogP contribution in [0.4, 0.5) is 0 Å². The molecule has 0 amide bonds. The third kappa shape index (κ3) is 5.59. The average Bonchev–Trinajstić information content (AvgIpc) is 3.99. The Morgan fingerprint density at radius 2 is 0.647 bits per heavy atom. The number of nitrogens with one attached hydrogen (secondary N) is 2. The van der Waals surface area contributed by atoms with Crippen LogP contribution in [0.2, 0.25) is 0 Å². The molecule has 0 spiro atoms. The zero-order chi connectivity index (χ0) is 34.5. The quantitative estimate of drug-likeness (QED) is 0.198. The molecule has 0 saturated carbocycles. The topological polar surface area (TPSA) is 70.2 Å². The van der Waals surface area contributed by atoms with Gasteiger partial charge in [0.15, 0.2) is 0 Å². The van der Waals surface area contributed by atoms with Crippen molar-refractivity contribution in [3.8, 4) is 44.5 Å². The summed E-state index contributed by atoms with van der Waals surface area (Å²) in [6.07, 6.45) is 12.1. The van der Waals surface area contributed by atoms with Crippen molar-refractivity contribution < 1.29 is 0 Å². The number of benzene rings is 3. The third-order valence-electron chi connectivity index (χ3n) is 9.74. The van der Waals surface area contributed by atoms with Crippen molar-refractivity contribution in [2.24, 2.45) is 0 Å². The standard InChI is InChI=1S/C46H35N5/c1-28-4-10-31(11-5-28)43-35-16-18-37(48-35)44(32-12-6-29(2)7-13-32)39-20-22-41(50-39)46(34-24-26-47-27-25-34)42-23-21-40(51-42)45(38-19-17-36(43)49-38)33-14-8-30(3)9-15-33/h4-27,48-49H,1-3H3. The fourth-order valence-electron chi connectivity index (χ4n) is 7.10. The normalized spacial score (nSPS) is 12.1. The van der Waals surface area contributed by atoms with E-state index >= 15 is 0 Å². The average molecular weight is 658 g/mol. The van der Waals surface area contributed by atoms with E-state index in [9.17, 15) is 0 Å². The van der Waals surface area contributed by atoms with Crippen LogP contribution in [0, 0.1) is 20.8 Å². The molecule has 6 heterocycles. The molecule has 0 unspecified atom stereocenters.